The second kappa shape index (κ2) is 6.39. The molecule has 1 saturated heterocycles. The molecule has 2 heterocycles. The number of ether oxygens (including phenoxy) is 1. The first-order valence-electron chi connectivity index (χ1n) is 7.66. The van der Waals surface area contributed by atoms with Crippen molar-refractivity contribution in [2.45, 2.75) is 31.7 Å². The van der Waals surface area contributed by atoms with Crippen LogP contribution in [0.25, 0.3) is 0 Å². The van der Waals surface area contributed by atoms with Crippen LogP contribution in [0.3, 0.4) is 0 Å². The van der Waals surface area contributed by atoms with Gasteiger partial charge in [0.2, 0.25) is 5.82 Å². The smallest absolute Gasteiger partial charge is 0.376 e. The molecule has 2 aliphatic rings. The van der Waals surface area contributed by atoms with E-state index in [0.29, 0.717) is 12.0 Å². The van der Waals surface area contributed by atoms with Gasteiger partial charge in [0, 0.05) is 18.8 Å². The molecule has 0 amide bonds. The zero-order valence-electron chi connectivity index (χ0n) is 12.4. The molecule has 0 bridgehead atoms. The Morgan fingerprint density at radius 1 is 1.48 bits per heavy atom. The van der Waals surface area contributed by atoms with Gasteiger partial charge in [0.15, 0.2) is 0 Å². The maximum absolute atomic E-state index is 11.6. The summed E-state index contributed by atoms with van der Waals surface area (Å²) >= 11 is 0. The van der Waals surface area contributed by atoms with Crippen molar-refractivity contribution in [1.29, 1.82) is 0 Å². The largest absolute Gasteiger partial charge is 0.463 e. The van der Waals surface area contributed by atoms with Crippen LogP contribution in [0.15, 0.2) is 12.3 Å². The Kier molecular flexibility index (Phi) is 4.34. The fourth-order valence-electron chi connectivity index (χ4n) is 2.87. The maximum Gasteiger partial charge on any atom is 0.376 e. The van der Waals surface area contributed by atoms with E-state index in [-0.39, 0.29) is 5.82 Å². The second-order valence-electron chi connectivity index (χ2n) is 5.83. The number of anilines is 1. The molecule has 1 aromatic rings. The van der Waals surface area contributed by atoms with Gasteiger partial charge in [-0.3, -0.25) is 0 Å². The van der Waals surface area contributed by atoms with Crippen LogP contribution in [0.5, 0.6) is 0 Å². The summed E-state index contributed by atoms with van der Waals surface area (Å²) in [5.41, 5.74) is 0. The molecule has 3 rings (SSSR count). The van der Waals surface area contributed by atoms with Gasteiger partial charge in [0.25, 0.3) is 0 Å². The summed E-state index contributed by atoms with van der Waals surface area (Å²) in [6, 6.07) is 2.45. The third kappa shape index (κ3) is 3.50. The number of carbonyl (C=O) groups excluding carboxylic acids is 1. The third-order valence-electron chi connectivity index (χ3n) is 4.14. The zero-order valence-corrected chi connectivity index (χ0v) is 12.4. The van der Waals surface area contributed by atoms with Gasteiger partial charge in [-0.25, -0.2) is 14.8 Å². The fourth-order valence-corrected chi connectivity index (χ4v) is 2.87. The molecule has 1 aliphatic heterocycles. The molecule has 114 valence electrons. The summed E-state index contributed by atoms with van der Waals surface area (Å²) in [5.74, 6) is 1.16. The molecule has 1 atom stereocenters. The second-order valence-corrected chi connectivity index (χ2v) is 5.83. The van der Waals surface area contributed by atoms with Crippen LogP contribution in [0.2, 0.25) is 0 Å². The van der Waals surface area contributed by atoms with E-state index in [4.69, 9.17) is 4.74 Å². The first kappa shape index (κ1) is 14.3. The molecule has 1 saturated carbocycles. The van der Waals surface area contributed by atoms with Gasteiger partial charge < -0.3 is 15.0 Å². The Bertz CT molecular complexity index is 498. The molecule has 6 heteroatoms. The molecular formula is C15H22N4O2. The van der Waals surface area contributed by atoms with E-state index >= 15 is 0 Å². The van der Waals surface area contributed by atoms with Crippen molar-refractivity contribution in [2.24, 2.45) is 5.92 Å². The van der Waals surface area contributed by atoms with E-state index in [0.717, 1.165) is 25.5 Å². The molecule has 1 unspecified atom stereocenters. The van der Waals surface area contributed by atoms with E-state index in [1.165, 1.54) is 32.8 Å². The van der Waals surface area contributed by atoms with Crippen LogP contribution in [-0.2, 0) is 4.74 Å². The summed E-state index contributed by atoms with van der Waals surface area (Å²) in [4.78, 5) is 22.3. The number of carbonyl (C=O) groups is 1. The fraction of sp³-hybridized carbons (Fsp3) is 0.667. The minimum atomic E-state index is -0.480. The lowest BCUT2D eigenvalue weighted by atomic mass is 9.99. The van der Waals surface area contributed by atoms with E-state index < -0.39 is 5.97 Å². The number of aromatic nitrogens is 2. The quantitative estimate of drug-likeness (QED) is 0.823. The van der Waals surface area contributed by atoms with Gasteiger partial charge in [-0.15, -0.1) is 0 Å². The highest BCUT2D eigenvalue weighted by Crippen LogP contribution is 2.32. The van der Waals surface area contributed by atoms with Crippen molar-refractivity contribution >= 4 is 11.8 Å². The third-order valence-corrected chi connectivity index (χ3v) is 4.14. The highest BCUT2D eigenvalue weighted by molar-refractivity contribution is 5.85. The van der Waals surface area contributed by atoms with Crippen LogP contribution >= 0.6 is 0 Å². The first-order valence-corrected chi connectivity index (χ1v) is 7.66. The van der Waals surface area contributed by atoms with Crippen molar-refractivity contribution in [1.82, 2.24) is 15.3 Å². The molecule has 1 N–H and O–H groups in total. The van der Waals surface area contributed by atoms with Gasteiger partial charge in [0.05, 0.1) is 7.11 Å². The lowest BCUT2D eigenvalue weighted by molar-refractivity contribution is 0.0586. The number of hydrogen-bond donors (Lipinski definition) is 1. The Labute approximate surface area is 124 Å². The maximum atomic E-state index is 11.6. The van der Waals surface area contributed by atoms with Crippen molar-refractivity contribution in [3.63, 3.8) is 0 Å². The normalized spacial score (nSPS) is 21.9. The van der Waals surface area contributed by atoms with Crippen LogP contribution in [-0.4, -0.2) is 48.7 Å². The number of hydrogen-bond acceptors (Lipinski definition) is 6. The van der Waals surface area contributed by atoms with Gasteiger partial charge in [-0.05, 0) is 50.8 Å². The summed E-state index contributed by atoms with van der Waals surface area (Å²) in [6.45, 7) is 3.19. The molecule has 21 heavy (non-hydrogen) atoms. The molecule has 6 nitrogen and oxygen atoms in total. The topological polar surface area (TPSA) is 67.3 Å². The van der Waals surface area contributed by atoms with Crippen LogP contribution in [0.4, 0.5) is 5.82 Å². The Balaban J connectivity index is 1.75. The average Bonchev–Trinajstić information content (AvgIpc) is 3.38. The minimum Gasteiger partial charge on any atom is -0.463 e. The van der Waals surface area contributed by atoms with Crippen molar-refractivity contribution in [3.8, 4) is 0 Å². The molecular weight excluding hydrogens is 268 g/mol. The molecule has 0 radical (unpaired) electrons. The van der Waals surface area contributed by atoms with Crippen molar-refractivity contribution in [3.05, 3.63) is 18.1 Å². The Morgan fingerprint density at radius 2 is 2.33 bits per heavy atom. The van der Waals surface area contributed by atoms with Gasteiger partial charge in [-0.2, -0.15) is 0 Å². The summed E-state index contributed by atoms with van der Waals surface area (Å²) in [6.07, 6.45) is 6.55. The predicted molar refractivity (Wildman–Crippen MR) is 79.3 cm³/mol. The van der Waals surface area contributed by atoms with E-state index in [2.05, 4.69) is 20.2 Å². The van der Waals surface area contributed by atoms with Gasteiger partial charge in [0.1, 0.15) is 5.82 Å². The highest BCUT2D eigenvalue weighted by atomic mass is 16.5. The van der Waals surface area contributed by atoms with Crippen LogP contribution in [0, 0.1) is 5.92 Å². The number of rotatable bonds is 5. The Morgan fingerprint density at radius 3 is 3.00 bits per heavy atom. The predicted octanol–water partition coefficient (Wildman–Crippen LogP) is 1.23. The van der Waals surface area contributed by atoms with Crippen molar-refractivity contribution in [2.75, 3.05) is 31.6 Å². The van der Waals surface area contributed by atoms with Crippen LogP contribution in [0.1, 0.15) is 36.3 Å². The minimum absolute atomic E-state index is 0.141. The summed E-state index contributed by atoms with van der Waals surface area (Å²) in [7, 11) is 1.35. The van der Waals surface area contributed by atoms with E-state index in [1.54, 1.807) is 6.20 Å². The summed E-state index contributed by atoms with van der Waals surface area (Å²) in [5, 5.41) is 3.46. The Hall–Kier alpha value is -1.69. The molecule has 1 aliphatic carbocycles. The number of nitrogens with zero attached hydrogens (tertiary/aromatic N) is 3. The van der Waals surface area contributed by atoms with Crippen molar-refractivity contribution < 1.29 is 9.53 Å². The van der Waals surface area contributed by atoms with Gasteiger partial charge >= 0.3 is 5.97 Å². The number of esters is 1. The number of methoxy groups -OCH3 is 1. The average molecular weight is 290 g/mol. The van der Waals surface area contributed by atoms with E-state index in [9.17, 15) is 4.79 Å². The molecule has 0 aromatic carbocycles. The first-order chi connectivity index (χ1) is 10.3. The van der Waals surface area contributed by atoms with Crippen LogP contribution < -0.4 is 10.2 Å². The monoisotopic (exact) mass is 290 g/mol. The van der Waals surface area contributed by atoms with E-state index in [1.807, 2.05) is 6.07 Å². The highest BCUT2D eigenvalue weighted by Gasteiger charge is 2.32. The lowest BCUT2D eigenvalue weighted by Gasteiger charge is -2.31. The standard InChI is InChI=1S/C15H22N4O2/c1-21-15(20)14-17-8-6-13(18-14)19(12-4-5-12)10-11-3-2-7-16-9-11/h6,8,11-12,16H,2-5,7,9-10H2,1H3. The molecule has 1 aromatic heterocycles. The SMILES string of the molecule is COC(=O)c1nccc(N(CC2CCCNC2)C2CC2)n1. The zero-order chi connectivity index (χ0) is 14.7. The summed E-state index contributed by atoms with van der Waals surface area (Å²) < 4.78 is 4.70. The lowest BCUT2D eigenvalue weighted by Crippen LogP contribution is -2.39. The number of nitrogens with one attached hydrogen (secondary N) is 1. The van der Waals surface area contributed by atoms with Gasteiger partial charge in [-0.1, -0.05) is 0 Å². The molecule has 0 spiro atoms. The molecule has 2 fully saturated rings. The number of piperidine rings is 1.